The zero-order valence-electron chi connectivity index (χ0n) is 11.4. The van der Waals surface area contributed by atoms with Crippen LogP contribution in [0.4, 0.5) is 0 Å². The number of esters is 1. The molecule has 0 aromatic heterocycles. The average Bonchev–Trinajstić information content (AvgIpc) is 2.56. The number of Topliss-reactive ketones (excluding diaryl/α,β-unsaturated/α-hetero) is 1. The highest BCUT2D eigenvalue weighted by atomic mass is 16.6. The highest BCUT2D eigenvalue weighted by molar-refractivity contribution is 6.26. The number of carbonyl (C=O) groups is 3. The van der Waals surface area contributed by atoms with Crippen molar-refractivity contribution in [3.63, 3.8) is 0 Å². The van der Waals surface area contributed by atoms with Gasteiger partial charge < -0.3 is 4.74 Å². The highest BCUT2D eigenvalue weighted by Gasteiger charge is 2.53. The molecule has 1 rings (SSSR count). The number of allylic oxidation sites excluding steroid dienone is 5. The van der Waals surface area contributed by atoms with E-state index in [-0.39, 0.29) is 0 Å². The second-order valence-electron chi connectivity index (χ2n) is 4.42. The molecular formula is C15H18O4. The normalized spacial score (nSPS) is 27.8. The van der Waals surface area contributed by atoms with Gasteiger partial charge in [0.2, 0.25) is 5.78 Å². The Labute approximate surface area is 112 Å². The van der Waals surface area contributed by atoms with Gasteiger partial charge in [-0.05, 0) is 32.4 Å². The van der Waals surface area contributed by atoms with Crippen LogP contribution in [-0.2, 0) is 19.1 Å². The van der Waals surface area contributed by atoms with Crippen LogP contribution in [-0.4, -0.2) is 23.1 Å². The average molecular weight is 262 g/mol. The zero-order chi connectivity index (χ0) is 14.5. The predicted octanol–water partition coefficient (Wildman–Crippen LogP) is 2.15. The Morgan fingerprint density at radius 1 is 1.37 bits per heavy atom. The molecule has 0 aromatic rings. The molecule has 4 heteroatoms. The van der Waals surface area contributed by atoms with Gasteiger partial charge in [0, 0.05) is 0 Å². The van der Waals surface area contributed by atoms with Crippen LogP contribution in [0.15, 0.2) is 36.5 Å². The first-order chi connectivity index (χ1) is 8.96. The van der Waals surface area contributed by atoms with Crippen molar-refractivity contribution < 1.29 is 19.1 Å². The second-order valence-corrected chi connectivity index (χ2v) is 4.42. The topological polar surface area (TPSA) is 60.4 Å². The zero-order valence-corrected chi connectivity index (χ0v) is 11.4. The van der Waals surface area contributed by atoms with Gasteiger partial charge in [-0.3, -0.25) is 14.4 Å². The smallest absolute Gasteiger partial charge is 0.325 e. The van der Waals surface area contributed by atoms with Crippen LogP contribution < -0.4 is 0 Å². The maximum absolute atomic E-state index is 12.1. The van der Waals surface area contributed by atoms with Crippen LogP contribution in [0.25, 0.3) is 0 Å². The van der Waals surface area contributed by atoms with Crippen LogP contribution in [0.3, 0.4) is 0 Å². The lowest BCUT2D eigenvalue weighted by atomic mass is 9.90. The minimum atomic E-state index is -1.35. The van der Waals surface area contributed by atoms with Crippen LogP contribution in [0.1, 0.15) is 27.2 Å². The summed E-state index contributed by atoms with van der Waals surface area (Å²) >= 11 is 0. The highest BCUT2D eigenvalue weighted by Crippen LogP contribution is 2.29. The van der Waals surface area contributed by atoms with E-state index in [0.29, 0.717) is 0 Å². The van der Waals surface area contributed by atoms with Gasteiger partial charge in [0.15, 0.2) is 17.3 Å². The molecule has 19 heavy (non-hydrogen) atoms. The van der Waals surface area contributed by atoms with E-state index in [1.807, 2.05) is 13.0 Å². The van der Waals surface area contributed by atoms with Crippen LogP contribution in [0, 0.1) is 5.92 Å². The quantitative estimate of drug-likeness (QED) is 0.330. The third-order valence-electron chi connectivity index (χ3n) is 2.81. The van der Waals surface area contributed by atoms with Crippen molar-refractivity contribution >= 4 is 17.5 Å². The van der Waals surface area contributed by atoms with Gasteiger partial charge in [0.05, 0.1) is 0 Å². The Balaban J connectivity index is 2.93. The lowest BCUT2D eigenvalue weighted by Crippen LogP contribution is -2.33. The number of carbonyl (C=O) groups excluding carboxylic acids is 3. The van der Waals surface area contributed by atoms with Gasteiger partial charge in [-0.2, -0.15) is 0 Å². The molecular weight excluding hydrogens is 244 g/mol. The number of ketones is 2. The van der Waals surface area contributed by atoms with Gasteiger partial charge in [0.25, 0.3) is 0 Å². The fourth-order valence-corrected chi connectivity index (χ4v) is 1.79. The van der Waals surface area contributed by atoms with Crippen molar-refractivity contribution in [1.29, 1.82) is 0 Å². The molecule has 1 aliphatic heterocycles. The molecule has 2 unspecified atom stereocenters. The molecule has 4 nitrogen and oxygen atoms in total. The van der Waals surface area contributed by atoms with Crippen molar-refractivity contribution in [3.8, 4) is 0 Å². The maximum atomic E-state index is 12.1. The van der Waals surface area contributed by atoms with Crippen molar-refractivity contribution in [2.45, 2.75) is 32.8 Å². The number of rotatable bonds is 5. The van der Waals surface area contributed by atoms with Gasteiger partial charge in [-0.25, -0.2) is 0 Å². The standard InChI is InChI=1S/C15H18O4/c1-4-6-7-8-10-15(3)13(17)12(14(18)19-15)11(16)9-5-2/h5-10,12H,4H2,1-3H3/b7-6+,9-5+,10-8+. The van der Waals surface area contributed by atoms with E-state index in [1.54, 1.807) is 19.1 Å². The largest absolute Gasteiger partial charge is 0.446 e. The summed E-state index contributed by atoms with van der Waals surface area (Å²) in [7, 11) is 0. The number of hydrogen-bond donors (Lipinski definition) is 0. The fraction of sp³-hybridized carbons (Fsp3) is 0.400. The summed E-state index contributed by atoms with van der Waals surface area (Å²) in [6.07, 6.45) is 10.4. The third-order valence-corrected chi connectivity index (χ3v) is 2.81. The fourth-order valence-electron chi connectivity index (χ4n) is 1.79. The molecule has 0 saturated carbocycles. The monoisotopic (exact) mass is 262 g/mol. The molecule has 0 spiro atoms. The van der Waals surface area contributed by atoms with E-state index < -0.39 is 29.1 Å². The molecule has 102 valence electrons. The first-order valence-electron chi connectivity index (χ1n) is 6.24. The van der Waals surface area contributed by atoms with E-state index in [0.717, 1.165) is 6.42 Å². The lowest BCUT2D eigenvalue weighted by molar-refractivity contribution is -0.148. The summed E-state index contributed by atoms with van der Waals surface area (Å²) in [5, 5.41) is 0. The Hall–Kier alpha value is -1.97. The minimum absolute atomic E-state index is 0.512. The van der Waals surface area contributed by atoms with Crippen LogP contribution in [0.5, 0.6) is 0 Å². The molecule has 0 aromatic carbocycles. The summed E-state index contributed by atoms with van der Waals surface area (Å²) in [4.78, 5) is 35.5. The molecule has 1 saturated heterocycles. The molecule has 1 aliphatic rings. The van der Waals surface area contributed by atoms with Gasteiger partial charge in [-0.15, -0.1) is 0 Å². The van der Waals surface area contributed by atoms with Crippen molar-refractivity contribution in [2.75, 3.05) is 0 Å². The van der Waals surface area contributed by atoms with Crippen molar-refractivity contribution in [2.24, 2.45) is 5.92 Å². The van der Waals surface area contributed by atoms with E-state index in [4.69, 9.17) is 4.74 Å². The molecule has 1 fully saturated rings. The Morgan fingerprint density at radius 2 is 2.05 bits per heavy atom. The first-order valence-corrected chi connectivity index (χ1v) is 6.24. The molecule has 0 amide bonds. The molecule has 0 bridgehead atoms. The predicted molar refractivity (Wildman–Crippen MR) is 71.4 cm³/mol. The summed E-state index contributed by atoms with van der Waals surface area (Å²) in [5.74, 6) is -3.15. The lowest BCUT2D eigenvalue weighted by Gasteiger charge is -2.15. The maximum Gasteiger partial charge on any atom is 0.325 e. The van der Waals surface area contributed by atoms with E-state index >= 15 is 0 Å². The van der Waals surface area contributed by atoms with Crippen LogP contribution in [0.2, 0.25) is 0 Å². The molecule has 0 N–H and O–H groups in total. The van der Waals surface area contributed by atoms with Gasteiger partial charge in [0.1, 0.15) is 0 Å². The minimum Gasteiger partial charge on any atom is -0.446 e. The first kappa shape index (κ1) is 15.1. The van der Waals surface area contributed by atoms with Crippen molar-refractivity contribution in [3.05, 3.63) is 36.5 Å². The van der Waals surface area contributed by atoms with Gasteiger partial charge >= 0.3 is 5.97 Å². The Bertz CT molecular complexity index is 471. The summed E-state index contributed by atoms with van der Waals surface area (Å²) < 4.78 is 5.06. The van der Waals surface area contributed by atoms with E-state index in [9.17, 15) is 14.4 Å². The Kier molecular flexibility index (Phi) is 4.98. The Morgan fingerprint density at radius 3 is 2.63 bits per heavy atom. The van der Waals surface area contributed by atoms with Crippen molar-refractivity contribution in [1.82, 2.24) is 0 Å². The second kappa shape index (κ2) is 6.27. The summed E-state index contributed by atoms with van der Waals surface area (Å²) in [5.41, 5.74) is -1.35. The van der Waals surface area contributed by atoms with Crippen LogP contribution >= 0.6 is 0 Å². The SMILES string of the molecule is C/C=C/C(=O)C1C(=O)OC(C)(/C=C/C=C/CC)C1=O. The van der Waals surface area contributed by atoms with E-state index in [2.05, 4.69) is 0 Å². The number of hydrogen-bond acceptors (Lipinski definition) is 4. The summed E-state index contributed by atoms with van der Waals surface area (Å²) in [6.45, 7) is 5.13. The summed E-state index contributed by atoms with van der Waals surface area (Å²) in [6, 6.07) is 0. The molecule has 1 heterocycles. The molecule has 0 radical (unpaired) electrons. The number of cyclic esters (lactones) is 1. The molecule has 0 aliphatic carbocycles. The third kappa shape index (κ3) is 3.28. The van der Waals surface area contributed by atoms with E-state index in [1.165, 1.54) is 25.2 Å². The number of ether oxygens (including phenoxy) is 1. The molecule has 2 atom stereocenters. The van der Waals surface area contributed by atoms with Gasteiger partial charge in [-0.1, -0.05) is 31.2 Å².